The molecule has 240 valence electrons. The maximum absolute atomic E-state index is 13.5. The molecule has 43 heavy (non-hydrogen) atoms. The summed E-state index contributed by atoms with van der Waals surface area (Å²) in [4.78, 5) is 13.2. The van der Waals surface area contributed by atoms with Gasteiger partial charge in [0.1, 0.15) is 11.7 Å². The summed E-state index contributed by atoms with van der Waals surface area (Å²) < 4.78 is 81.1. The third-order valence-electron chi connectivity index (χ3n) is 8.92. The molecule has 2 N–H and O–H groups in total. The van der Waals surface area contributed by atoms with E-state index in [2.05, 4.69) is 5.32 Å². The number of rotatable bonds is 10. The number of benzene rings is 1. The molecule has 2 fully saturated rings. The number of methoxy groups -OCH3 is 1. The van der Waals surface area contributed by atoms with Gasteiger partial charge in [-0.05, 0) is 69.7 Å². The van der Waals surface area contributed by atoms with Crippen molar-refractivity contribution in [2.24, 2.45) is 13.0 Å². The summed E-state index contributed by atoms with van der Waals surface area (Å²) in [6.45, 7) is 5.29. The lowest BCUT2D eigenvalue weighted by Gasteiger charge is -2.28. The Hall–Kier alpha value is -2.41. The molecule has 0 unspecified atom stereocenters. The second-order valence-electron chi connectivity index (χ2n) is 12.3. The van der Waals surface area contributed by atoms with Crippen molar-refractivity contribution in [2.45, 2.75) is 101 Å². The van der Waals surface area contributed by atoms with Crippen molar-refractivity contribution < 1.29 is 35.9 Å². The van der Waals surface area contributed by atoms with Gasteiger partial charge in [-0.25, -0.2) is 8.42 Å². The molecule has 0 spiro atoms. The second-order valence-corrected chi connectivity index (χ2v) is 14.0. The lowest BCUT2D eigenvalue weighted by molar-refractivity contribution is -0.147. The van der Waals surface area contributed by atoms with Gasteiger partial charge in [-0.1, -0.05) is 38.2 Å². The summed E-state index contributed by atoms with van der Waals surface area (Å²) in [5.74, 6) is 0.266. The second kappa shape index (κ2) is 13.3. The van der Waals surface area contributed by atoms with Gasteiger partial charge in [0.05, 0.1) is 10.5 Å². The summed E-state index contributed by atoms with van der Waals surface area (Å²) in [7, 11) is -1.26. The van der Waals surface area contributed by atoms with Gasteiger partial charge in [0.2, 0.25) is 10.0 Å². The molecule has 4 rings (SSSR count). The summed E-state index contributed by atoms with van der Waals surface area (Å²) in [5, 5.41) is 3.14. The molecule has 2 aliphatic rings. The Morgan fingerprint density at radius 3 is 2.35 bits per heavy atom. The van der Waals surface area contributed by atoms with Gasteiger partial charge >= 0.3 is 6.18 Å². The van der Waals surface area contributed by atoms with Gasteiger partial charge in [0.25, 0.3) is 5.91 Å². The van der Waals surface area contributed by atoms with Crippen LogP contribution in [0.5, 0.6) is 0 Å². The highest BCUT2D eigenvalue weighted by atomic mass is 32.2. The van der Waals surface area contributed by atoms with Crippen LogP contribution >= 0.6 is 0 Å². The van der Waals surface area contributed by atoms with E-state index in [1.54, 1.807) is 30.7 Å². The van der Waals surface area contributed by atoms with Crippen molar-refractivity contribution in [1.29, 1.82) is 0 Å². The first-order valence-electron chi connectivity index (χ1n) is 15.0. The molecule has 1 amide bonds. The Kier molecular flexibility index (Phi) is 10.4. The van der Waals surface area contributed by atoms with E-state index >= 15 is 0 Å². The van der Waals surface area contributed by atoms with E-state index in [-0.39, 0.29) is 22.4 Å². The molecule has 0 bridgehead atoms. The standard InChI is InChI=1S/C31H44F3N3O5S/c1-20(31(32,33)34)36-43(39,40)28-12-11-22(18-25(28)30(2,3)41-5)24-19-27(29(38)35-23-13-15-42-16-14-23)37(4)26(24)17-21-9-7-6-8-10-21/h11-12,18-21,23,36H,6-10,13-17H2,1-5H3,(H,35,38)/t20-/m0/s1. The zero-order valence-corrected chi connectivity index (χ0v) is 26.5. The summed E-state index contributed by atoms with van der Waals surface area (Å²) in [6, 6.07) is 4.17. The predicted octanol–water partition coefficient (Wildman–Crippen LogP) is 5.83. The number of carbonyl (C=O) groups excluding carboxylic acids is 1. The van der Waals surface area contributed by atoms with Gasteiger partial charge in [0.15, 0.2) is 0 Å². The molecule has 2 aromatic rings. The Bertz CT molecular complexity index is 1390. The molecule has 1 saturated heterocycles. The smallest absolute Gasteiger partial charge is 0.381 e. The number of sulfonamides is 1. The number of nitrogens with one attached hydrogen (secondary N) is 2. The van der Waals surface area contributed by atoms with Gasteiger partial charge in [-0.3, -0.25) is 4.79 Å². The molecular formula is C31H44F3N3O5S. The number of hydrogen-bond acceptors (Lipinski definition) is 5. The van der Waals surface area contributed by atoms with Crippen LogP contribution in [0.25, 0.3) is 11.1 Å². The van der Waals surface area contributed by atoms with Crippen LogP contribution in [0.4, 0.5) is 13.2 Å². The van der Waals surface area contributed by atoms with Gasteiger partial charge in [0, 0.05) is 50.2 Å². The Balaban J connectivity index is 1.80. The van der Waals surface area contributed by atoms with E-state index in [9.17, 15) is 26.4 Å². The fourth-order valence-corrected chi connectivity index (χ4v) is 7.57. The molecular weight excluding hydrogens is 583 g/mol. The third kappa shape index (κ3) is 7.82. The third-order valence-corrected chi connectivity index (χ3v) is 10.5. The number of halogens is 3. The number of alkyl halides is 3. The zero-order chi connectivity index (χ0) is 31.6. The minimum Gasteiger partial charge on any atom is -0.381 e. The Morgan fingerprint density at radius 1 is 1.09 bits per heavy atom. The van der Waals surface area contributed by atoms with Crippen LogP contribution in [0, 0.1) is 5.92 Å². The Morgan fingerprint density at radius 2 is 1.74 bits per heavy atom. The van der Waals surface area contributed by atoms with Crippen LogP contribution in [0.3, 0.4) is 0 Å². The normalized spacial score (nSPS) is 18.5. The predicted molar refractivity (Wildman–Crippen MR) is 158 cm³/mol. The SMILES string of the molecule is COC(C)(C)c1cc(-c2cc(C(=O)NC3CCOCC3)n(C)c2CC2CCCCC2)ccc1S(=O)(=O)N[C@@H](C)C(F)(F)F. The van der Waals surface area contributed by atoms with E-state index in [1.165, 1.54) is 19.6 Å². The lowest BCUT2D eigenvalue weighted by atomic mass is 9.84. The summed E-state index contributed by atoms with van der Waals surface area (Å²) in [5.41, 5.74) is 1.98. The lowest BCUT2D eigenvalue weighted by Crippen LogP contribution is -2.43. The van der Waals surface area contributed by atoms with Crippen molar-refractivity contribution in [3.8, 4) is 11.1 Å². The van der Waals surface area contributed by atoms with Crippen LogP contribution in [0.1, 0.15) is 87.5 Å². The highest BCUT2D eigenvalue weighted by Crippen LogP contribution is 2.38. The first kappa shape index (κ1) is 33.5. The number of hydrogen-bond donors (Lipinski definition) is 2. The van der Waals surface area contributed by atoms with E-state index in [0.29, 0.717) is 30.4 Å². The number of aromatic nitrogens is 1. The van der Waals surface area contributed by atoms with Gasteiger partial charge < -0.3 is 19.4 Å². The van der Waals surface area contributed by atoms with Crippen LogP contribution in [-0.4, -0.2) is 57.5 Å². The number of nitrogens with zero attached hydrogens (tertiary/aromatic N) is 1. The van der Waals surface area contributed by atoms with Crippen molar-refractivity contribution in [3.63, 3.8) is 0 Å². The fourth-order valence-electron chi connectivity index (χ4n) is 6.00. The fraction of sp³-hybridized carbons (Fsp3) is 0.645. The molecule has 2 heterocycles. The zero-order valence-electron chi connectivity index (χ0n) is 25.6. The quantitative estimate of drug-likeness (QED) is 0.345. The first-order chi connectivity index (χ1) is 20.1. The van der Waals surface area contributed by atoms with Crippen LogP contribution in [-0.2, 0) is 38.6 Å². The molecule has 1 aromatic heterocycles. The minimum atomic E-state index is -4.75. The van der Waals surface area contributed by atoms with Crippen molar-refractivity contribution in [1.82, 2.24) is 14.6 Å². The molecule has 1 aliphatic heterocycles. The van der Waals surface area contributed by atoms with Crippen LogP contribution in [0.2, 0.25) is 0 Å². The maximum Gasteiger partial charge on any atom is 0.404 e. The number of ether oxygens (including phenoxy) is 2. The van der Waals surface area contributed by atoms with E-state index < -0.39 is 27.8 Å². The van der Waals surface area contributed by atoms with Crippen LogP contribution in [0.15, 0.2) is 29.2 Å². The average Bonchev–Trinajstić information content (AvgIpc) is 3.28. The highest BCUT2D eigenvalue weighted by molar-refractivity contribution is 7.89. The molecule has 0 radical (unpaired) electrons. The molecule has 1 aliphatic carbocycles. The van der Waals surface area contributed by atoms with E-state index in [4.69, 9.17) is 9.47 Å². The van der Waals surface area contributed by atoms with Gasteiger partial charge in [-0.2, -0.15) is 17.9 Å². The molecule has 12 heteroatoms. The molecule has 1 atom stereocenters. The van der Waals surface area contributed by atoms with Gasteiger partial charge in [-0.15, -0.1) is 0 Å². The van der Waals surface area contributed by atoms with E-state index in [0.717, 1.165) is 63.1 Å². The maximum atomic E-state index is 13.5. The van der Waals surface area contributed by atoms with Crippen LogP contribution < -0.4 is 10.0 Å². The topological polar surface area (TPSA) is 98.7 Å². The van der Waals surface area contributed by atoms with Crippen molar-refractivity contribution in [3.05, 3.63) is 41.2 Å². The molecule has 1 saturated carbocycles. The van der Waals surface area contributed by atoms with E-state index in [1.807, 2.05) is 17.7 Å². The Labute approximate surface area is 252 Å². The first-order valence-corrected chi connectivity index (χ1v) is 16.5. The minimum absolute atomic E-state index is 0.0200. The largest absolute Gasteiger partial charge is 0.404 e. The molecule has 8 nitrogen and oxygen atoms in total. The summed E-state index contributed by atoms with van der Waals surface area (Å²) in [6.07, 6.45) is 3.20. The summed E-state index contributed by atoms with van der Waals surface area (Å²) >= 11 is 0. The monoisotopic (exact) mass is 627 g/mol. The number of amides is 1. The number of carbonyl (C=O) groups is 1. The van der Waals surface area contributed by atoms with Crippen molar-refractivity contribution >= 4 is 15.9 Å². The molecule has 1 aromatic carbocycles. The highest BCUT2D eigenvalue weighted by Gasteiger charge is 2.40. The van der Waals surface area contributed by atoms with Crippen molar-refractivity contribution in [2.75, 3.05) is 20.3 Å². The average molecular weight is 628 g/mol.